The molecule has 3 N–H and O–H groups in total. The van der Waals surface area contributed by atoms with Crippen LogP contribution in [0.5, 0.6) is 0 Å². The van der Waals surface area contributed by atoms with Crippen LogP contribution in [0.25, 0.3) is 0 Å². The molecule has 0 heterocycles. The Labute approximate surface area is 99.2 Å². The molecule has 2 atom stereocenters. The molecule has 2 nitrogen and oxygen atoms in total. The van der Waals surface area contributed by atoms with Crippen LogP contribution in [0.3, 0.4) is 0 Å². The van der Waals surface area contributed by atoms with Crippen molar-refractivity contribution in [1.29, 1.82) is 0 Å². The molecule has 0 bridgehead atoms. The van der Waals surface area contributed by atoms with E-state index in [-0.39, 0.29) is 11.6 Å². The van der Waals surface area contributed by atoms with E-state index in [1.54, 1.807) is 0 Å². The first-order chi connectivity index (χ1) is 7.70. The third-order valence-electron chi connectivity index (χ3n) is 3.58. The molecule has 0 aliphatic rings. The maximum Gasteiger partial charge on any atom is 0.0479 e. The summed E-state index contributed by atoms with van der Waals surface area (Å²) in [6, 6.07) is 10.4. The van der Waals surface area contributed by atoms with Crippen LogP contribution in [0.1, 0.15) is 44.7 Å². The number of nitrogens with one attached hydrogen (secondary N) is 1. The van der Waals surface area contributed by atoms with Crippen molar-refractivity contribution in [3.63, 3.8) is 0 Å². The fraction of sp³-hybridized carbons (Fsp3) is 0.571. The highest BCUT2D eigenvalue weighted by atomic mass is 15.0. The van der Waals surface area contributed by atoms with Crippen LogP contribution in [-0.4, -0.2) is 12.6 Å². The van der Waals surface area contributed by atoms with Crippen LogP contribution >= 0.6 is 0 Å². The molecule has 0 aliphatic carbocycles. The second-order valence-corrected chi connectivity index (χ2v) is 4.40. The van der Waals surface area contributed by atoms with Crippen LogP contribution in [0.15, 0.2) is 30.3 Å². The lowest BCUT2D eigenvalue weighted by Crippen LogP contribution is -2.51. The summed E-state index contributed by atoms with van der Waals surface area (Å²) in [6.45, 7) is 4.41. The molecule has 1 aromatic carbocycles. The monoisotopic (exact) mass is 220 g/mol. The van der Waals surface area contributed by atoms with Gasteiger partial charge in [0.15, 0.2) is 0 Å². The predicted octanol–water partition coefficient (Wildman–Crippen LogP) is 2.85. The van der Waals surface area contributed by atoms with Crippen molar-refractivity contribution >= 4 is 0 Å². The Kier molecular flexibility index (Phi) is 4.97. The maximum atomic E-state index is 6.42. The van der Waals surface area contributed by atoms with Gasteiger partial charge in [-0.15, -0.1) is 0 Å². The summed E-state index contributed by atoms with van der Waals surface area (Å²) in [6.07, 6.45) is 3.30. The Balaban J connectivity index is 2.95. The van der Waals surface area contributed by atoms with Crippen molar-refractivity contribution in [2.45, 2.75) is 44.7 Å². The van der Waals surface area contributed by atoms with Crippen molar-refractivity contribution < 1.29 is 0 Å². The SMILES string of the molecule is CCCC(CC)(NC)C(N)c1ccccc1. The molecule has 1 aromatic rings. The Hall–Kier alpha value is -0.860. The minimum Gasteiger partial charge on any atom is -0.322 e. The minimum atomic E-state index is 0.0239. The molecule has 2 unspecified atom stereocenters. The van der Waals surface area contributed by atoms with Gasteiger partial charge in [-0.05, 0) is 25.5 Å². The molecular formula is C14H24N2. The van der Waals surface area contributed by atoms with Crippen LogP contribution in [0.4, 0.5) is 0 Å². The Morgan fingerprint density at radius 2 is 1.88 bits per heavy atom. The molecule has 0 saturated heterocycles. The summed E-state index contributed by atoms with van der Waals surface area (Å²) in [5.41, 5.74) is 7.66. The van der Waals surface area contributed by atoms with Gasteiger partial charge in [-0.3, -0.25) is 0 Å². The average molecular weight is 220 g/mol. The lowest BCUT2D eigenvalue weighted by molar-refractivity contribution is 0.254. The molecule has 0 aliphatic heterocycles. The molecule has 0 aromatic heterocycles. The van der Waals surface area contributed by atoms with E-state index in [2.05, 4.69) is 43.4 Å². The zero-order valence-corrected chi connectivity index (χ0v) is 10.7. The van der Waals surface area contributed by atoms with Crippen LogP contribution in [0, 0.1) is 0 Å². The zero-order valence-electron chi connectivity index (χ0n) is 10.7. The van der Waals surface area contributed by atoms with Gasteiger partial charge >= 0.3 is 0 Å². The lowest BCUT2D eigenvalue weighted by Gasteiger charge is -2.38. The summed E-state index contributed by atoms with van der Waals surface area (Å²) >= 11 is 0. The van der Waals surface area contributed by atoms with Crippen molar-refractivity contribution in [2.24, 2.45) is 5.73 Å². The first kappa shape index (κ1) is 13.2. The number of likely N-dealkylation sites (N-methyl/N-ethyl adjacent to an activating group) is 1. The fourth-order valence-corrected chi connectivity index (χ4v) is 2.43. The standard InChI is InChI=1S/C14H24N2/c1-4-11-14(5-2,16-3)13(15)12-9-7-6-8-10-12/h6-10,13,16H,4-5,11,15H2,1-3H3. The Bertz CT molecular complexity index is 291. The smallest absolute Gasteiger partial charge is 0.0479 e. The second-order valence-electron chi connectivity index (χ2n) is 4.40. The minimum absolute atomic E-state index is 0.0239. The number of nitrogens with two attached hydrogens (primary N) is 1. The predicted molar refractivity (Wildman–Crippen MR) is 70.4 cm³/mol. The van der Waals surface area contributed by atoms with Gasteiger partial charge in [0.1, 0.15) is 0 Å². The van der Waals surface area contributed by atoms with E-state index in [0.717, 1.165) is 19.3 Å². The second kappa shape index (κ2) is 6.02. The maximum absolute atomic E-state index is 6.42. The van der Waals surface area contributed by atoms with Gasteiger partial charge in [0.05, 0.1) is 0 Å². The molecule has 0 fully saturated rings. The van der Waals surface area contributed by atoms with Gasteiger partial charge in [-0.25, -0.2) is 0 Å². The molecule has 2 heteroatoms. The molecule has 16 heavy (non-hydrogen) atoms. The van der Waals surface area contributed by atoms with Gasteiger partial charge in [0, 0.05) is 11.6 Å². The van der Waals surface area contributed by atoms with E-state index in [1.807, 2.05) is 13.1 Å². The molecule has 0 saturated carbocycles. The first-order valence-corrected chi connectivity index (χ1v) is 6.19. The van der Waals surface area contributed by atoms with E-state index in [9.17, 15) is 0 Å². The van der Waals surface area contributed by atoms with Crippen molar-refractivity contribution in [2.75, 3.05) is 7.05 Å². The number of benzene rings is 1. The Morgan fingerprint density at radius 3 is 2.31 bits per heavy atom. The first-order valence-electron chi connectivity index (χ1n) is 6.19. The highest BCUT2D eigenvalue weighted by Crippen LogP contribution is 2.30. The molecular weight excluding hydrogens is 196 g/mol. The van der Waals surface area contributed by atoms with E-state index >= 15 is 0 Å². The van der Waals surface area contributed by atoms with Gasteiger partial charge in [-0.1, -0.05) is 50.6 Å². The van der Waals surface area contributed by atoms with Gasteiger partial charge < -0.3 is 11.1 Å². The van der Waals surface area contributed by atoms with Crippen LogP contribution in [-0.2, 0) is 0 Å². The molecule has 1 rings (SSSR count). The summed E-state index contributed by atoms with van der Waals surface area (Å²) in [4.78, 5) is 0. The molecule has 90 valence electrons. The highest BCUT2D eigenvalue weighted by molar-refractivity contribution is 5.22. The normalized spacial score (nSPS) is 16.8. The Morgan fingerprint density at radius 1 is 1.25 bits per heavy atom. The molecule has 0 spiro atoms. The van der Waals surface area contributed by atoms with Crippen LogP contribution in [0.2, 0.25) is 0 Å². The van der Waals surface area contributed by atoms with Crippen molar-refractivity contribution in [3.8, 4) is 0 Å². The fourth-order valence-electron chi connectivity index (χ4n) is 2.43. The highest BCUT2D eigenvalue weighted by Gasteiger charge is 2.33. The molecule has 0 radical (unpaired) electrons. The summed E-state index contributed by atoms with van der Waals surface area (Å²) in [7, 11) is 2.02. The summed E-state index contributed by atoms with van der Waals surface area (Å²) < 4.78 is 0. The van der Waals surface area contributed by atoms with Gasteiger partial charge in [-0.2, -0.15) is 0 Å². The van der Waals surface area contributed by atoms with Crippen molar-refractivity contribution in [1.82, 2.24) is 5.32 Å². The lowest BCUT2D eigenvalue weighted by atomic mass is 9.80. The van der Waals surface area contributed by atoms with E-state index < -0.39 is 0 Å². The summed E-state index contributed by atoms with van der Waals surface area (Å²) in [5, 5.41) is 3.44. The van der Waals surface area contributed by atoms with Crippen LogP contribution < -0.4 is 11.1 Å². The topological polar surface area (TPSA) is 38.0 Å². The number of hydrogen-bond donors (Lipinski definition) is 2. The third-order valence-corrected chi connectivity index (χ3v) is 3.58. The van der Waals surface area contributed by atoms with E-state index in [4.69, 9.17) is 5.73 Å². The molecule has 0 amide bonds. The zero-order chi connectivity index (χ0) is 12.0. The third kappa shape index (κ3) is 2.63. The van der Waals surface area contributed by atoms with E-state index in [1.165, 1.54) is 5.56 Å². The van der Waals surface area contributed by atoms with E-state index in [0.29, 0.717) is 0 Å². The number of rotatable bonds is 6. The summed E-state index contributed by atoms with van der Waals surface area (Å²) in [5.74, 6) is 0. The largest absolute Gasteiger partial charge is 0.322 e. The van der Waals surface area contributed by atoms with Gasteiger partial charge in [0.25, 0.3) is 0 Å². The van der Waals surface area contributed by atoms with Crippen molar-refractivity contribution in [3.05, 3.63) is 35.9 Å². The average Bonchev–Trinajstić information content (AvgIpc) is 2.36. The number of hydrogen-bond acceptors (Lipinski definition) is 2. The quantitative estimate of drug-likeness (QED) is 0.773. The van der Waals surface area contributed by atoms with Gasteiger partial charge in [0.2, 0.25) is 0 Å².